The van der Waals surface area contributed by atoms with E-state index in [-0.39, 0.29) is 17.9 Å². The molecular weight excluding hydrogens is 371 g/mol. The Morgan fingerprint density at radius 3 is 2.48 bits per heavy atom. The monoisotopic (exact) mass is 392 g/mol. The number of aromatic nitrogens is 1. The molecule has 6 heteroatoms. The van der Waals surface area contributed by atoms with Crippen molar-refractivity contribution in [2.45, 2.75) is 31.8 Å². The van der Waals surface area contributed by atoms with Crippen molar-refractivity contribution in [1.82, 2.24) is 4.98 Å². The van der Waals surface area contributed by atoms with E-state index in [4.69, 9.17) is 15.6 Å². The normalized spacial score (nSPS) is 13.7. The number of nitrogens with two attached hydrogens (primary N) is 1. The lowest BCUT2D eigenvalue weighted by atomic mass is 9.79. The van der Waals surface area contributed by atoms with Crippen molar-refractivity contribution in [3.05, 3.63) is 77.2 Å². The summed E-state index contributed by atoms with van der Waals surface area (Å²) in [5, 5.41) is 9.01. The molecule has 3 aromatic rings. The summed E-state index contributed by atoms with van der Waals surface area (Å²) < 4.78 is 21.4. The molecule has 1 aliphatic rings. The zero-order valence-corrected chi connectivity index (χ0v) is 15.8. The molecule has 0 atom stereocenters. The summed E-state index contributed by atoms with van der Waals surface area (Å²) in [4.78, 5) is 15.0. The molecule has 1 aliphatic carbocycles. The van der Waals surface area contributed by atoms with E-state index in [2.05, 4.69) is 4.98 Å². The lowest BCUT2D eigenvalue weighted by molar-refractivity contribution is 0.0697. The number of aromatic carboxylic acids is 1. The highest BCUT2D eigenvalue weighted by atomic mass is 19.1. The number of carboxylic acids is 1. The number of carbonyl (C=O) groups is 1. The van der Waals surface area contributed by atoms with Gasteiger partial charge in [-0.3, -0.25) is 0 Å². The van der Waals surface area contributed by atoms with Gasteiger partial charge >= 0.3 is 5.97 Å². The zero-order valence-electron chi connectivity index (χ0n) is 15.8. The molecule has 0 unspecified atom stereocenters. The Labute approximate surface area is 168 Å². The first kappa shape index (κ1) is 18.9. The second-order valence-corrected chi connectivity index (χ2v) is 7.24. The van der Waals surface area contributed by atoms with Crippen LogP contribution in [0.1, 0.15) is 46.7 Å². The number of nitrogens with zero attached hydrogens (tertiary/aromatic N) is 1. The molecule has 1 aromatic heterocycles. The quantitative estimate of drug-likeness (QED) is 0.616. The van der Waals surface area contributed by atoms with Crippen LogP contribution in [-0.2, 0) is 6.61 Å². The number of rotatable bonds is 6. The fourth-order valence-corrected chi connectivity index (χ4v) is 3.45. The van der Waals surface area contributed by atoms with E-state index in [1.807, 2.05) is 6.07 Å². The highest BCUT2D eigenvalue weighted by Gasteiger charge is 2.26. The van der Waals surface area contributed by atoms with Gasteiger partial charge in [-0.1, -0.05) is 30.7 Å². The van der Waals surface area contributed by atoms with Crippen molar-refractivity contribution in [2.75, 3.05) is 5.73 Å². The molecule has 0 radical (unpaired) electrons. The first-order chi connectivity index (χ1) is 14.0. The van der Waals surface area contributed by atoms with Crippen LogP contribution in [0.3, 0.4) is 0 Å². The molecule has 148 valence electrons. The van der Waals surface area contributed by atoms with Crippen LogP contribution >= 0.6 is 0 Å². The van der Waals surface area contributed by atoms with E-state index < -0.39 is 11.8 Å². The summed E-state index contributed by atoms with van der Waals surface area (Å²) in [5.74, 6) is -0.468. The number of anilines is 1. The Morgan fingerprint density at radius 1 is 1.14 bits per heavy atom. The summed E-state index contributed by atoms with van der Waals surface area (Å²) in [5.41, 5.74) is 8.53. The Balaban J connectivity index is 1.64. The Morgan fingerprint density at radius 2 is 1.90 bits per heavy atom. The van der Waals surface area contributed by atoms with Gasteiger partial charge in [0.15, 0.2) is 11.6 Å². The van der Waals surface area contributed by atoms with Crippen molar-refractivity contribution < 1.29 is 19.0 Å². The van der Waals surface area contributed by atoms with Crippen LogP contribution in [0.2, 0.25) is 0 Å². The molecule has 3 N–H and O–H groups in total. The number of carboxylic acid groups (broad SMARTS) is 1. The standard InChI is InChI=1S/C23H21FN2O3/c24-21-18(17-8-11-20(25)26-12-17)9-10-19(15-2-1-3-15)22(21)29-13-14-4-6-16(7-5-14)23(27)28/h4-12,15H,1-3,13H2,(H2,25,26)(H,27,28). The number of hydrogen-bond acceptors (Lipinski definition) is 4. The molecular formula is C23H21FN2O3. The van der Waals surface area contributed by atoms with Gasteiger partial charge in [0.25, 0.3) is 0 Å². The summed E-state index contributed by atoms with van der Waals surface area (Å²) in [7, 11) is 0. The molecule has 2 aromatic carbocycles. The van der Waals surface area contributed by atoms with Gasteiger partial charge in [0.1, 0.15) is 12.4 Å². The van der Waals surface area contributed by atoms with Crippen LogP contribution in [0, 0.1) is 5.82 Å². The first-order valence-corrected chi connectivity index (χ1v) is 9.52. The van der Waals surface area contributed by atoms with Gasteiger partial charge in [0.2, 0.25) is 0 Å². The van der Waals surface area contributed by atoms with Crippen LogP contribution in [0.15, 0.2) is 54.7 Å². The average Bonchev–Trinajstić information content (AvgIpc) is 2.67. The number of nitrogen functional groups attached to an aromatic ring is 1. The molecule has 0 spiro atoms. The molecule has 1 heterocycles. The van der Waals surface area contributed by atoms with Crippen LogP contribution in [0.4, 0.5) is 10.2 Å². The van der Waals surface area contributed by atoms with E-state index in [1.54, 1.807) is 36.5 Å². The molecule has 0 bridgehead atoms. The van der Waals surface area contributed by atoms with Crippen molar-refractivity contribution in [3.8, 4) is 16.9 Å². The first-order valence-electron chi connectivity index (χ1n) is 9.52. The van der Waals surface area contributed by atoms with Crippen LogP contribution in [0.5, 0.6) is 5.75 Å². The maximum atomic E-state index is 15.5. The number of pyridine rings is 1. The highest BCUT2D eigenvalue weighted by Crippen LogP contribution is 2.44. The number of hydrogen-bond donors (Lipinski definition) is 2. The second kappa shape index (κ2) is 7.91. The smallest absolute Gasteiger partial charge is 0.335 e. The van der Waals surface area contributed by atoms with E-state index >= 15 is 4.39 Å². The van der Waals surface area contributed by atoms with Crippen molar-refractivity contribution in [2.24, 2.45) is 0 Å². The predicted octanol–water partition coefficient (Wildman–Crippen LogP) is 5.01. The fraction of sp³-hybridized carbons (Fsp3) is 0.217. The Hall–Kier alpha value is -3.41. The molecule has 0 saturated heterocycles. The fourth-order valence-electron chi connectivity index (χ4n) is 3.45. The molecule has 1 fully saturated rings. The summed E-state index contributed by atoms with van der Waals surface area (Å²) in [6.07, 6.45) is 4.72. The summed E-state index contributed by atoms with van der Waals surface area (Å²) >= 11 is 0. The number of ether oxygens (including phenoxy) is 1. The molecule has 29 heavy (non-hydrogen) atoms. The van der Waals surface area contributed by atoms with Crippen LogP contribution in [-0.4, -0.2) is 16.1 Å². The van der Waals surface area contributed by atoms with Gasteiger partial charge in [-0.25, -0.2) is 14.2 Å². The molecule has 0 amide bonds. The van der Waals surface area contributed by atoms with Gasteiger partial charge < -0.3 is 15.6 Å². The second-order valence-electron chi connectivity index (χ2n) is 7.24. The van der Waals surface area contributed by atoms with Crippen molar-refractivity contribution in [1.29, 1.82) is 0 Å². The average molecular weight is 392 g/mol. The zero-order chi connectivity index (χ0) is 20.4. The van der Waals surface area contributed by atoms with E-state index in [0.29, 0.717) is 22.9 Å². The largest absolute Gasteiger partial charge is 0.486 e. The van der Waals surface area contributed by atoms with E-state index in [1.165, 1.54) is 12.1 Å². The third-order valence-corrected chi connectivity index (χ3v) is 5.35. The summed E-state index contributed by atoms with van der Waals surface area (Å²) in [6, 6.07) is 13.5. The SMILES string of the molecule is Nc1ccc(-c2ccc(C3CCC3)c(OCc3ccc(C(=O)O)cc3)c2F)cn1. The van der Waals surface area contributed by atoms with Gasteiger partial charge in [0.05, 0.1) is 5.56 Å². The number of benzene rings is 2. The van der Waals surface area contributed by atoms with E-state index in [9.17, 15) is 4.79 Å². The molecule has 0 aliphatic heterocycles. The molecule has 1 saturated carbocycles. The van der Waals surface area contributed by atoms with Crippen LogP contribution in [0.25, 0.3) is 11.1 Å². The minimum absolute atomic E-state index is 0.153. The lowest BCUT2D eigenvalue weighted by Gasteiger charge is -2.28. The maximum Gasteiger partial charge on any atom is 0.335 e. The van der Waals surface area contributed by atoms with Crippen molar-refractivity contribution in [3.63, 3.8) is 0 Å². The predicted molar refractivity (Wildman–Crippen MR) is 108 cm³/mol. The maximum absolute atomic E-state index is 15.5. The topological polar surface area (TPSA) is 85.4 Å². The minimum atomic E-state index is -0.986. The lowest BCUT2D eigenvalue weighted by Crippen LogP contribution is -2.12. The molecule has 4 rings (SSSR count). The number of halogens is 1. The van der Waals surface area contributed by atoms with Gasteiger partial charge in [-0.2, -0.15) is 0 Å². The minimum Gasteiger partial charge on any atom is -0.486 e. The van der Waals surface area contributed by atoms with Gasteiger partial charge in [0, 0.05) is 22.9 Å². The molecule has 5 nitrogen and oxygen atoms in total. The Kier molecular flexibility index (Phi) is 5.16. The van der Waals surface area contributed by atoms with Gasteiger partial charge in [-0.15, -0.1) is 0 Å². The third-order valence-electron chi connectivity index (χ3n) is 5.35. The van der Waals surface area contributed by atoms with Crippen molar-refractivity contribution >= 4 is 11.8 Å². The summed E-state index contributed by atoms with van der Waals surface area (Å²) in [6.45, 7) is 0.153. The van der Waals surface area contributed by atoms with Crippen LogP contribution < -0.4 is 10.5 Å². The van der Waals surface area contributed by atoms with Gasteiger partial charge in [-0.05, 0) is 48.6 Å². The Bertz CT molecular complexity index is 1030. The third kappa shape index (κ3) is 3.92. The van der Waals surface area contributed by atoms with E-state index in [0.717, 1.165) is 30.4 Å². The highest BCUT2D eigenvalue weighted by molar-refractivity contribution is 5.87.